The van der Waals surface area contributed by atoms with E-state index >= 15 is 0 Å². The van der Waals surface area contributed by atoms with Crippen LogP contribution in [0.5, 0.6) is 0 Å². The van der Waals surface area contributed by atoms with Gasteiger partial charge in [0.2, 0.25) is 0 Å². The first-order valence-corrected chi connectivity index (χ1v) is 20.5. The lowest BCUT2D eigenvalue weighted by Crippen LogP contribution is -2.11. The predicted molar refractivity (Wildman–Crippen MR) is 255 cm³/mol. The Kier molecular flexibility index (Phi) is 6.79. The Morgan fingerprint density at radius 3 is 1.37 bits per heavy atom. The van der Waals surface area contributed by atoms with Gasteiger partial charge in [-0.05, 0) is 139 Å². The SMILES string of the molecule is c1ccc2cc(-c3ccc(N(c4cc5ccc6cccc7c8cccc9ccc%10cccc(c(c4)c5c67)c%10c98)c4cc5ccccc5c5ccccc45)cc3)ccc2c1. The molecule has 0 radical (unpaired) electrons. The van der Waals surface area contributed by atoms with Crippen molar-refractivity contribution >= 4 is 114 Å². The van der Waals surface area contributed by atoms with Gasteiger partial charge in [0, 0.05) is 16.8 Å². The van der Waals surface area contributed by atoms with Crippen molar-refractivity contribution in [1.82, 2.24) is 0 Å². The molecule has 0 N–H and O–H groups in total. The van der Waals surface area contributed by atoms with Crippen molar-refractivity contribution in [3.63, 3.8) is 0 Å². The number of hydrogen-bond donors (Lipinski definition) is 0. The van der Waals surface area contributed by atoms with E-state index in [0.29, 0.717) is 0 Å². The van der Waals surface area contributed by atoms with Crippen molar-refractivity contribution < 1.29 is 0 Å². The molecule has 13 aromatic carbocycles. The fourth-order valence-electron chi connectivity index (χ4n) is 10.2. The molecule has 0 aromatic heterocycles. The molecule has 0 atom stereocenters. The van der Waals surface area contributed by atoms with E-state index in [1.807, 2.05) is 0 Å². The van der Waals surface area contributed by atoms with E-state index in [1.54, 1.807) is 0 Å². The topological polar surface area (TPSA) is 3.24 Å². The summed E-state index contributed by atoms with van der Waals surface area (Å²) in [5.41, 5.74) is 5.80. The molecule has 1 nitrogen and oxygen atoms in total. The molecule has 0 aliphatic heterocycles. The molecule has 0 aliphatic carbocycles. The van der Waals surface area contributed by atoms with E-state index in [2.05, 4.69) is 217 Å². The van der Waals surface area contributed by atoms with Crippen LogP contribution in [-0.2, 0) is 0 Å². The number of hydrogen-bond acceptors (Lipinski definition) is 1. The van der Waals surface area contributed by atoms with Gasteiger partial charge in [0.1, 0.15) is 0 Å². The zero-order valence-electron chi connectivity index (χ0n) is 32.2. The third-order valence-electron chi connectivity index (χ3n) is 12.9. The monoisotopic (exact) mass is 745 g/mol. The van der Waals surface area contributed by atoms with Crippen LogP contribution in [0, 0.1) is 0 Å². The van der Waals surface area contributed by atoms with Crippen LogP contribution in [-0.4, -0.2) is 0 Å². The molecule has 0 saturated carbocycles. The molecule has 0 unspecified atom stereocenters. The molecule has 0 amide bonds. The molecule has 0 fully saturated rings. The van der Waals surface area contributed by atoms with Crippen LogP contribution in [0.15, 0.2) is 212 Å². The Labute approximate surface area is 340 Å². The third-order valence-corrected chi connectivity index (χ3v) is 12.9. The Hall–Kier alpha value is -7.74. The average Bonchev–Trinajstić information content (AvgIpc) is 3.30. The minimum absolute atomic E-state index is 1.11. The summed E-state index contributed by atoms with van der Waals surface area (Å²) in [5, 5.41) is 22.8. The zero-order chi connectivity index (χ0) is 38.6. The van der Waals surface area contributed by atoms with Gasteiger partial charge in [-0.3, -0.25) is 0 Å². The molecule has 0 saturated heterocycles. The summed E-state index contributed by atoms with van der Waals surface area (Å²) in [6, 6.07) is 79.2. The molecule has 0 bridgehead atoms. The minimum atomic E-state index is 1.11. The van der Waals surface area contributed by atoms with Gasteiger partial charge in [0.15, 0.2) is 0 Å². The number of benzene rings is 12. The summed E-state index contributed by atoms with van der Waals surface area (Å²) < 4.78 is 0. The van der Waals surface area contributed by atoms with Crippen LogP contribution >= 0.6 is 0 Å². The second kappa shape index (κ2) is 12.4. The maximum Gasteiger partial charge on any atom is 0.0546 e. The van der Waals surface area contributed by atoms with Crippen LogP contribution in [0.2, 0.25) is 0 Å². The van der Waals surface area contributed by atoms with Crippen LogP contribution in [0.25, 0.3) is 108 Å². The van der Waals surface area contributed by atoms with Gasteiger partial charge in [-0.25, -0.2) is 0 Å². The van der Waals surface area contributed by atoms with Gasteiger partial charge in [-0.1, -0.05) is 176 Å². The lowest BCUT2D eigenvalue weighted by atomic mass is 9.87. The summed E-state index contributed by atoms with van der Waals surface area (Å²) in [7, 11) is 0. The predicted octanol–water partition coefficient (Wildman–Crippen LogP) is 16.6. The lowest BCUT2D eigenvalue weighted by Gasteiger charge is -2.29. The summed E-state index contributed by atoms with van der Waals surface area (Å²) in [5.74, 6) is 0. The molecule has 0 spiro atoms. The van der Waals surface area contributed by atoms with Gasteiger partial charge < -0.3 is 4.90 Å². The normalized spacial score (nSPS) is 12.1. The Balaban J connectivity index is 1.15. The van der Waals surface area contributed by atoms with Crippen LogP contribution in [0.4, 0.5) is 17.1 Å². The molecule has 0 heterocycles. The fraction of sp³-hybridized carbons (Fsp3) is 0. The van der Waals surface area contributed by atoms with Gasteiger partial charge in [-0.15, -0.1) is 0 Å². The largest absolute Gasteiger partial charge is 0.310 e. The first-order chi connectivity index (χ1) is 29.2. The maximum absolute atomic E-state index is 2.50. The average molecular weight is 746 g/mol. The fourth-order valence-corrected chi connectivity index (χ4v) is 10.2. The summed E-state index contributed by atoms with van der Waals surface area (Å²) in [4.78, 5) is 2.50. The van der Waals surface area contributed by atoms with Gasteiger partial charge >= 0.3 is 0 Å². The molecule has 59 heavy (non-hydrogen) atoms. The van der Waals surface area contributed by atoms with Crippen molar-refractivity contribution in [2.75, 3.05) is 4.90 Å². The number of anilines is 3. The van der Waals surface area contributed by atoms with Crippen molar-refractivity contribution in [3.05, 3.63) is 212 Å². The third kappa shape index (κ3) is 4.79. The highest BCUT2D eigenvalue weighted by molar-refractivity contribution is 6.37. The highest BCUT2D eigenvalue weighted by Gasteiger charge is 2.21. The van der Waals surface area contributed by atoms with Crippen LogP contribution in [0.1, 0.15) is 0 Å². The van der Waals surface area contributed by atoms with Gasteiger partial charge in [0.05, 0.1) is 5.69 Å². The van der Waals surface area contributed by atoms with E-state index in [9.17, 15) is 0 Å². The standard InChI is InChI=1S/C58H35N/c1-2-11-41-32-42(26-22-36(41)10-1)37-28-30-45(31-29-37)59(54-34-43-12-3-4-16-47(43)48-17-5-6-18-49(48)54)46-33-44-27-25-40-14-8-20-51-50-19-7-13-38-23-24-39-15-9-21-52(57(39)55(38)50)53(35-46)58(44)56(40)51/h1-35H. The highest BCUT2D eigenvalue weighted by Crippen LogP contribution is 2.48. The Morgan fingerprint density at radius 2 is 0.695 bits per heavy atom. The molecule has 0 aliphatic rings. The first-order valence-electron chi connectivity index (χ1n) is 20.5. The molecule has 272 valence electrons. The van der Waals surface area contributed by atoms with Crippen molar-refractivity contribution in [2.45, 2.75) is 0 Å². The maximum atomic E-state index is 2.50. The zero-order valence-corrected chi connectivity index (χ0v) is 32.2. The molecule has 13 rings (SSSR count). The molecule has 1 heteroatoms. The van der Waals surface area contributed by atoms with E-state index in [1.165, 1.54) is 108 Å². The highest BCUT2D eigenvalue weighted by atomic mass is 15.1. The van der Waals surface area contributed by atoms with E-state index < -0.39 is 0 Å². The van der Waals surface area contributed by atoms with E-state index in [-0.39, 0.29) is 0 Å². The minimum Gasteiger partial charge on any atom is -0.310 e. The van der Waals surface area contributed by atoms with Crippen molar-refractivity contribution in [1.29, 1.82) is 0 Å². The second-order valence-electron chi connectivity index (χ2n) is 16.0. The van der Waals surface area contributed by atoms with Gasteiger partial charge in [-0.2, -0.15) is 0 Å². The first kappa shape index (κ1) is 32.4. The second-order valence-corrected chi connectivity index (χ2v) is 16.0. The number of nitrogens with zero attached hydrogens (tertiary/aromatic N) is 1. The Bertz CT molecular complexity index is 3830. The lowest BCUT2D eigenvalue weighted by molar-refractivity contribution is 1.31. The smallest absolute Gasteiger partial charge is 0.0546 e. The van der Waals surface area contributed by atoms with E-state index in [4.69, 9.17) is 0 Å². The summed E-state index contributed by atoms with van der Waals surface area (Å²) in [6.45, 7) is 0. The van der Waals surface area contributed by atoms with Crippen molar-refractivity contribution in [3.8, 4) is 11.1 Å². The molecule has 13 aromatic rings. The number of fused-ring (bicyclic) bond motifs is 6. The molecular formula is C58H35N. The summed E-state index contributed by atoms with van der Waals surface area (Å²) >= 11 is 0. The molecular weight excluding hydrogens is 711 g/mol. The van der Waals surface area contributed by atoms with Crippen molar-refractivity contribution in [2.24, 2.45) is 0 Å². The van der Waals surface area contributed by atoms with Crippen LogP contribution < -0.4 is 4.90 Å². The quantitative estimate of drug-likeness (QED) is 0.162. The Morgan fingerprint density at radius 1 is 0.220 bits per heavy atom. The summed E-state index contributed by atoms with van der Waals surface area (Å²) in [6.07, 6.45) is 0. The number of rotatable bonds is 4. The van der Waals surface area contributed by atoms with E-state index in [0.717, 1.165) is 17.1 Å². The van der Waals surface area contributed by atoms with Crippen LogP contribution in [0.3, 0.4) is 0 Å². The van der Waals surface area contributed by atoms with Gasteiger partial charge in [0.25, 0.3) is 0 Å².